The van der Waals surface area contributed by atoms with Crippen molar-refractivity contribution in [2.75, 3.05) is 0 Å². The Labute approximate surface area is 184 Å². The van der Waals surface area contributed by atoms with E-state index in [-0.39, 0.29) is 25.3 Å². The standard InChI is InChI=1S/C24H22N2O6/c27-23(31-16-20-11-13-21(14-12-20)26(29)30)22(15-18-7-3-1-4-8-18)25-24(28)32-17-19-9-5-2-6-10-19/h1-14,22H,15-17H2,(H,25,28)/t22-/m0/s1. The van der Waals surface area contributed by atoms with Crippen molar-refractivity contribution in [1.29, 1.82) is 0 Å². The number of benzene rings is 3. The highest BCUT2D eigenvalue weighted by Crippen LogP contribution is 2.13. The van der Waals surface area contributed by atoms with Gasteiger partial charge < -0.3 is 14.8 Å². The number of carbonyl (C=O) groups excluding carboxylic acids is 2. The minimum Gasteiger partial charge on any atom is -0.459 e. The van der Waals surface area contributed by atoms with E-state index in [0.717, 1.165) is 11.1 Å². The molecule has 0 spiro atoms. The monoisotopic (exact) mass is 434 g/mol. The van der Waals surface area contributed by atoms with Gasteiger partial charge in [0.2, 0.25) is 0 Å². The van der Waals surface area contributed by atoms with Gasteiger partial charge in [-0.25, -0.2) is 9.59 Å². The Morgan fingerprint density at radius 2 is 1.31 bits per heavy atom. The van der Waals surface area contributed by atoms with Crippen molar-refractivity contribution in [2.24, 2.45) is 0 Å². The molecule has 0 aromatic heterocycles. The third-order valence-electron chi connectivity index (χ3n) is 4.60. The molecule has 8 nitrogen and oxygen atoms in total. The summed E-state index contributed by atoms with van der Waals surface area (Å²) in [6, 6.07) is 23.1. The van der Waals surface area contributed by atoms with Gasteiger partial charge in [0.25, 0.3) is 5.69 Å². The largest absolute Gasteiger partial charge is 0.459 e. The summed E-state index contributed by atoms with van der Waals surface area (Å²) in [6.07, 6.45) is -0.512. The topological polar surface area (TPSA) is 108 Å². The highest BCUT2D eigenvalue weighted by Gasteiger charge is 2.24. The molecule has 3 aromatic carbocycles. The van der Waals surface area contributed by atoms with Gasteiger partial charge in [0.05, 0.1) is 4.92 Å². The van der Waals surface area contributed by atoms with Crippen molar-refractivity contribution in [2.45, 2.75) is 25.7 Å². The Balaban J connectivity index is 1.61. The van der Waals surface area contributed by atoms with Crippen LogP contribution >= 0.6 is 0 Å². The molecule has 8 heteroatoms. The normalized spacial score (nSPS) is 11.2. The van der Waals surface area contributed by atoms with Crippen LogP contribution in [0.25, 0.3) is 0 Å². The number of carbonyl (C=O) groups is 2. The molecule has 0 radical (unpaired) electrons. The van der Waals surface area contributed by atoms with Gasteiger partial charge in [-0.1, -0.05) is 60.7 Å². The first-order valence-corrected chi connectivity index (χ1v) is 9.92. The smallest absolute Gasteiger partial charge is 0.408 e. The Bertz CT molecular complexity index is 1040. The van der Waals surface area contributed by atoms with Crippen LogP contribution in [0.2, 0.25) is 0 Å². The van der Waals surface area contributed by atoms with Crippen molar-refractivity contribution in [3.63, 3.8) is 0 Å². The fourth-order valence-corrected chi connectivity index (χ4v) is 2.92. The SMILES string of the molecule is O=C(N[C@@H](Cc1ccccc1)C(=O)OCc1ccc([N+](=O)[O-])cc1)OCc1ccccc1. The second-order valence-corrected chi connectivity index (χ2v) is 6.98. The van der Waals surface area contributed by atoms with E-state index in [9.17, 15) is 19.7 Å². The first-order valence-electron chi connectivity index (χ1n) is 9.92. The zero-order valence-electron chi connectivity index (χ0n) is 17.2. The Morgan fingerprint density at radius 3 is 1.91 bits per heavy atom. The molecular weight excluding hydrogens is 412 g/mol. The van der Waals surface area contributed by atoms with Crippen LogP contribution in [0.5, 0.6) is 0 Å². The number of hydrogen-bond acceptors (Lipinski definition) is 6. The molecule has 1 amide bonds. The van der Waals surface area contributed by atoms with Gasteiger partial charge in [0, 0.05) is 18.6 Å². The average Bonchev–Trinajstić information content (AvgIpc) is 2.82. The lowest BCUT2D eigenvalue weighted by atomic mass is 10.1. The molecule has 0 fully saturated rings. The molecule has 1 N–H and O–H groups in total. The van der Waals surface area contributed by atoms with E-state index in [0.29, 0.717) is 5.56 Å². The van der Waals surface area contributed by atoms with Crippen LogP contribution in [0.4, 0.5) is 10.5 Å². The quantitative estimate of drug-likeness (QED) is 0.308. The number of rotatable bonds is 9. The molecule has 3 rings (SSSR count). The molecular formula is C24H22N2O6. The Kier molecular flexibility index (Phi) is 7.91. The summed E-state index contributed by atoms with van der Waals surface area (Å²) in [6.45, 7) is -0.00850. The molecule has 0 saturated carbocycles. The van der Waals surface area contributed by atoms with Gasteiger partial charge in [-0.3, -0.25) is 10.1 Å². The molecule has 0 saturated heterocycles. The number of nitro benzene ring substituents is 1. The first-order chi connectivity index (χ1) is 15.5. The highest BCUT2D eigenvalue weighted by atomic mass is 16.6. The predicted molar refractivity (Wildman–Crippen MR) is 117 cm³/mol. The highest BCUT2D eigenvalue weighted by molar-refractivity contribution is 5.81. The third kappa shape index (κ3) is 6.94. The van der Waals surface area contributed by atoms with E-state index in [1.54, 1.807) is 0 Å². The summed E-state index contributed by atoms with van der Waals surface area (Å²) in [5, 5.41) is 13.3. The number of non-ortho nitro benzene ring substituents is 1. The summed E-state index contributed by atoms with van der Waals surface area (Å²) >= 11 is 0. The zero-order valence-corrected chi connectivity index (χ0v) is 17.2. The second kappa shape index (κ2) is 11.3. The number of nitrogens with zero attached hydrogens (tertiary/aromatic N) is 1. The lowest BCUT2D eigenvalue weighted by Gasteiger charge is -2.18. The van der Waals surface area contributed by atoms with Gasteiger partial charge in [-0.05, 0) is 28.8 Å². The fraction of sp³-hybridized carbons (Fsp3) is 0.167. The Morgan fingerprint density at radius 1 is 0.781 bits per heavy atom. The summed E-state index contributed by atoms with van der Waals surface area (Å²) in [7, 11) is 0. The summed E-state index contributed by atoms with van der Waals surface area (Å²) in [4.78, 5) is 35.2. The number of alkyl carbamates (subject to hydrolysis) is 1. The number of esters is 1. The van der Waals surface area contributed by atoms with E-state index >= 15 is 0 Å². The van der Waals surface area contributed by atoms with E-state index in [2.05, 4.69) is 5.32 Å². The maximum Gasteiger partial charge on any atom is 0.408 e. The molecule has 0 heterocycles. The van der Waals surface area contributed by atoms with Gasteiger partial charge in [0.15, 0.2) is 0 Å². The molecule has 1 atom stereocenters. The molecule has 32 heavy (non-hydrogen) atoms. The maximum atomic E-state index is 12.7. The molecule has 164 valence electrons. The molecule has 0 unspecified atom stereocenters. The molecule has 0 aliphatic rings. The van der Waals surface area contributed by atoms with Gasteiger partial charge in [-0.2, -0.15) is 0 Å². The maximum absolute atomic E-state index is 12.7. The van der Waals surface area contributed by atoms with Gasteiger partial charge >= 0.3 is 12.1 Å². The van der Waals surface area contributed by atoms with Crippen molar-refractivity contribution >= 4 is 17.7 Å². The summed E-state index contributed by atoms with van der Waals surface area (Å²) < 4.78 is 10.6. The first kappa shape index (κ1) is 22.5. The van der Waals surface area contributed by atoms with Crippen LogP contribution in [0.1, 0.15) is 16.7 Å². The van der Waals surface area contributed by atoms with Crippen LogP contribution in [-0.4, -0.2) is 23.0 Å². The molecule has 3 aromatic rings. The van der Waals surface area contributed by atoms with Gasteiger partial charge in [0.1, 0.15) is 19.3 Å². The zero-order chi connectivity index (χ0) is 22.8. The number of nitrogens with one attached hydrogen (secondary N) is 1. The number of hydrogen-bond donors (Lipinski definition) is 1. The van der Waals surface area contributed by atoms with Crippen molar-refractivity contribution in [3.8, 4) is 0 Å². The van der Waals surface area contributed by atoms with E-state index in [4.69, 9.17) is 9.47 Å². The van der Waals surface area contributed by atoms with Crippen LogP contribution in [0, 0.1) is 10.1 Å². The summed E-state index contributed by atoms with van der Waals surface area (Å²) in [5.74, 6) is -0.635. The number of nitro groups is 1. The lowest BCUT2D eigenvalue weighted by Crippen LogP contribution is -2.43. The van der Waals surface area contributed by atoms with E-state index < -0.39 is 23.0 Å². The minimum absolute atomic E-state index is 0.0511. The fourth-order valence-electron chi connectivity index (χ4n) is 2.92. The van der Waals surface area contributed by atoms with Crippen LogP contribution in [0.3, 0.4) is 0 Å². The van der Waals surface area contributed by atoms with Crippen molar-refractivity contribution in [1.82, 2.24) is 5.32 Å². The Hall–Kier alpha value is -4.20. The summed E-state index contributed by atoms with van der Waals surface area (Å²) in [5.41, 5.74) is 2.20. The number of ether oxygens (including phenoxy) is 2. The second-order valence-electron chi connectivity index (χ2n) is 6.98. The number of amides is 1. The van der Waals surface area contributed by atoms with E-state index in [1.807, 2.05) is 60.7 Å². The van der Waals surface area contributed by atoms with E-state index in [1.165, 1.54) is 24.3 Å². The molecule has 0 aliphatic carbocycles. The van der Waals surface area contributed by atoms with Crippen LogP contribution < -0.4 is 5.32 Å². The average molecular weight is 434 g/mol. The molecule has 0 bridgehead atoms. The third-order valence-corrected chi connectivity index (χ3v) is 4.60. The minimum atomic E-state index is -0.960. The van der Waals surface area contributed by atoms with Crippen molar-refractivity contribution < 1.29 is 24.0 Å². The van der Waals surface area contributed by atoms with Crippen LogP contribution in [0.15, 0.2) is 84.9 Å². The van der Waals surface area contributed by atoms with Crippen molar-refractivity contribution in [3.05, 3.63) is 112 Å². The van der Waals surface area contributed by atoms with Crippen LogP contribution in [-0.2, 0) is 33.9 Å². The predicted octanol–water partition coefficient (Wildman–Crippen LogP) is 4.18. The molecule has 0 aliphatic heterocycles. The van der Waals surface area contributed by atoms with Gasteiger partial charge in [-0.15, -0.1) is 0 Å². The lowest BCUT2D eigenvalue weighted by molar-refractivity contribution is -0.384.